The van der Waals surface area contributed by atoms with Gasteiger partial charge in [0, 0.05) is 18.7 Å². The minimum Gasteiger partial charge on any atom is -0.388 e. The average Bonchev–Trinajstić information content (AvgIpc) is 2.43. The lowest BCUT2D eigenvalue weighted by atomic mass is 9.84. The van der Waals surface area contributed by atoms with E-state index in [9.17, 15) is 9.90 Å². The third-order valence-electron chi connectivity index (χ3n) is 4.46. The summed E-state index contributed by atoms with van der Waals surface area (Å²) >= 11 is 0. The molecule has 1 aliphatic carbocycles. The molecule has 1 aromatic carbocycles. The van der Waals surface area contributed by atoms with Crippen LogP contribution in [0.3, 0.4) is 0 Å². The van der Waals surface area contributed by atoms with E-state index in [4.69, 9.17) is 0 Å². The van der Waals surface area contributed by atoms with E-state index in [1.54, 1.807) is 0 Å². The molecule has 0 saturated heterocycles. The van der Waals surface area contributed by atoms with Crippen molar-refractivity contribution in [2.24, 2.45) is 0 Å². The summed E-state index contributed by atoms with van der Waals surface area (Å²) in [6.45, 7) is 1.23. The number of nitrogens with zero attached hydrogens (tertiary/aromatic N) is 1. The third-order valence-corrected chi connectivity index (χ3v) is 4.46. The van der Waals surface area contributed by atoms with Crippen LogP contribution >= 0.6 is 0 Å². The standard InChI is InChI=1S/C16H21NO2/c18-15-14-7-3-2-6-13(14)8-11-17(15)12-16(19)9-4-1-5-10-16/h2-3,6-7,19H,1,4-5,8-12H2. The number of aliphatic hydroxyl groups is 1. The molecule has 19 heavy (non-hydrogen) atoms. The molecule has 0 atom stereocenters. The molecule has 0 unspecified atom stereocenters. The van der Waals surface area contributed by atoms with Gasteiger partial charge in [-0.3, -0.25) is 4.79 Å². The lowest BCUT2D eigenvalue weighted by Crippen LogP contribution is -2.49. The molecule has 3 rings (SSSR count). The number of amides is 1. The van der Waals surface area contributed by atoms with Crippen molar-refractivity contribution >= 4 is 5.91 Å². The predicted molar refractivity (Wildman–Crippen MR) is 74.1 cm³/mol. The zero-order valence-electron chi connectivity index (χ0n) is 11.3. The molecule has 0 aromatic heterocycles. The summed E-state index contributed by atoms with van der Waals surface area (Å²) in [5.41, 5.74) is 1.30. The maximum absolute atomic E-state index is 12.4. The molecule has 3 nitrogen and oxygen atoms in total. The van der Waals surface area contributed by atoms with Crippen LogP contribution in [0.15, 0.2) is 24.3 Å². The SMILES string of the molecule is O=C1c2ccccc2CCN1CC1(O)CCCCC1. The van der Waals surface area contributed by atoms with E-state index in [1.165, 1.54) is 6.42 Å². The molecule has 0 radical (unpaired) electrons. The highest BCUT2D eigenvalue weighted by Crippen LogP contribution is 2.30. The van der Waals surface area contributed by atoms with Crippen molar-refractivity contribution in [3.63, 3.8) is 0 Å². The number of fused-ring (bicyclic) bond motifs is 1. The number of benzene rings is 1. The summed E-state index contributed by atoms with van der Waals surface area (Å²) in [7, 11) is 0. The molecule has 1 amide bonds. The van der Waals surface area contributed by atoms with Gasteiger partial charge in [0.15, 0.2) is 0 Å². The van der Waals surface area contributed by atoms with Gasteiger partial charge in [-0.25, -0.2) is 0 Å². The summed E-state index contributed by atoms with van der Waals surface area (Å²) in [4.78, 5) is 14.3. The number of hydrogen-bond acceptors (Lipinski definition) is 2. The molecule has 1 aromatic rings. The van der Waals surface area contributed by atoms with Crippen molar-refractivity contribution in [2.75, 3.05) is 13.1 Å². The average molecular weight is 259 g/mol. The Bertz CT molecular complexity index is 477. The molecule has 1 aliphatic heterocycles. The zero-order chi connectivity index (χ0) is 13.3. The first kappa shape index (κ1) is 12.7. The highest BCUT2D eigenvalue weighted by Gasteiger charge is 2.34. The van der Waals surface area contributed by atoms with E-state index in [0.717, 1.165) is 49.8 Å². The molecular formula is C16H21NO2. The Morgan fingerprint density at radius 2 is 1.89 bits per heavy atom. The van der Waals surface area contributed by atoms with Crippen LogP contribution in [0.2, 0.25) is 0 Å². The van der Waals surface area contributed by atoms with Crippen molar-refractivity contribution in [3.8, 4) is 0 Å². The second-order valence-corrected chi connectivity index (χ2v) is 5.92. The first-order valence-electron chi connectivity index (χ1n) is 7.28. The van der Waals surface area contributed by atoms with Crippen LogP contribution in [0.5, 0.6) is 0 Å². The van der Waals surface area contributed by atoms with Gasteiger partial charge >= 0.3 is 0 Å². The van der Waals surface area contributed by atoms with Gasteiger partial charge in [0.1, 0.15) is 0 Å². The summed E-state index contributed by atoms with van der Waals surface area (Å²) in [5.74, 6) is 0.0841. The fourth-order valence-electron chi connectivity index (χ4n) is 3.35. The molecule has 3 heteroatoms. The second kappa shape index (κ2) is 4.97. The quantitative estimate of drug-likeness (QED) is 0.886. The molecule has 1 fully saturated rings. The van der Waals surface area contributed by atoms with Crippen LogP contribution in [-0.4, -0.2) is 34.6 Å². The predicted octanol–water partition coefficient (Wildman–Crippen LogP) is 2.38. The fraction of sp³-hybridized carbons (Fsp3) is 0.562. The van der Waals surface area contributed by atoms with Crippen molar-refractivity contribution in [3.05, 3.63) is 35.4 Å². The van der Waals surface area contributed by atoms with Gasteiger partial charge in [-0.1, -0.05) is 37.5 Å². The van der Waals surface area contributed by atoms with Gasteiger partial charge in [-0.15, -0.1) is 0 Å². The number of carbonyl (C=O) groups excluding carboxylic acids is 1. The Balaban J connectivity index is 1.75. The maximum atomic E-state index is 12.4. The van der Waals surface area contributed by atoms with E-state index in [0.29, 0.717) is 6.54 Å². The van der Waals surface area contributed by atoms with Crippen LogP contribution < -0.4 is 0 Å². The Hall–Kier alpha value is -1.35. The first-order valence-corrected chi connectivity index (χ1v) is 7.28. The van der Waals surface area contributed by atoms with Crippen molar-refractivity contribution in [1.29, 1.82) is 0 Å². The molecule has 1 heterocycles. The van der Waals surface area contributed by atoms with Crippen molar-refractivity contribution in [1.82, 2.24) is 4.90 Å². The lowest BCUT2D eigenvalue weighted by molar-refractivity contribution is -0.0228. The highest BCUT2D eigenvalue weighted by molar-refractivity contribution is 5.96. The summed E-state index contributed by atoms with van der Waals surface area (Å²) < 4.78 is 0. The number of rotatable bonds is 2. The molecule has 0 spiro atoms. The van der Waals surface area contributed by atoms with Gasteiger partial charge < -0.3 is 10.0 Å². The Kier molecular flexibility index (Phi) is 3.31. The molecule has 0 bridgehead atoms. The summed E-state index contributed by atoms with van der Waals surface area (Å²) in [5, 5.41) is 10.6. The van der Waals surface area contributed by atoms with Gasteiger partial charge in [-0.2, -0.15) is 0 Å². The number of hydrogen-bond donors (Lipinski definition) is 1. The minimum absolute atomic E-state index is 0.0841. The first-order chi connectivity index (χ1) is 9.18. The lowest BCUT2D eigenvalue weighted by Gasteiger charge is -2.38. The topological polar surface area (TPSA) is 40.5 Å². The molecule has 1 saturated carbocycles. The smallest absolute Gasteiger partial charge is 0.254 e. The van der Waals surface area contributed by atoms with Crippen molar-refractivity contribution < 1.29 is 9.90 Å². The summed E-state index contributed by atoms with van der Waals surface area (Å²) in [6.07, 6.45) is 5.93. The van der Waals surface area contributed by atoms with Crippen LogP contribution in [0.1, 0.15) is 48.0 Å². The van der Waals surface area contributed by atoms with Gasteiger partial charge in [0.25, 0.3) is 5.91 Å². The second-order valence-electron chi connectivity index (χ2n) is 5.92. The van der Waals surface area contributed by atoms with Crippen LogP contribution in [0.4, 0.5) is 0 Å². The van der Waals surface area contributed by atoms with Gasteiger partial charge in [0.05, 0.1) is 5.60 Å². The third kappa shape index (κ3) is 2.52. The van der Waals surface area contributed by atoms with Crippen LogP contribution in [-0.2, 0) is 6.42 Å². The number of carbonyl (C=O) groups is 1. The van der Waals surface area contributed by atoms with Crippen LogP contribution in [0, 0.1) is 0 Å². The van der Waals surface area contributed by atoms with E-state index in [1.807, 2.05) is 29.2 Å². The van der Waals surface area contributed by atoms with E-state index < -0.39 is 5.60 Å². The van der Waals surface area contributed by atoms with E-state index in [2.05, 4.69) is 0 Å². The van der Waals surface area contributed by atoms with E-state index >= 15 is 0 Å². The van der Waals surface area contributed by atoms with Crippen molar-refractivity contribution in [2.45, 2.75) is 44.1 Å². The monoisotopic (exact) mass is 259 g/mol. The fourth-order valence-corrected chi connectivity index (χ4v) is 3.35. The molecular weight excluding hydrogens is 238 g/mol. The minimum atomic E-state index is -0.653. The zero-order valence-corrected chi connectivity index (χ0v) is 11.3. The Labute approximate surface area is 114 Å². The molecule has 1 N–H and O–H groups in total. The van der Waals surface area contributed by atoms with Gasteiger partial charge in [0.2, 0.25) is 0 Å². The maximum Gasteiger partial charge on any atom is 0.254 e. The largest absolute Gasteiger partial charge is 0.388 e. The Morgan fingerprint density at radius 3 is 2.68 bits per heavy atom. The molecule has 102 valence electrons. The molecule has 2 aliphatic rings. The van der Waals surface area contributed by atoms with E-state index in [-0.39, 0.29) is 5.91 Å². The van der Waals surface area contributed by atoms with Crippen LogP contribution in [0.25, 0.3) is 0 Å². The normalized spacial score (nSPS) is 22.2. The highest BCUT2D eigenvalue weighted by atomic mass is 16.3. The van der Waals surface area contributed by atoms with Gasteiger partial charge in [-0.05, 0) is 30.9 Å². The summed E-state index contributed by atoms with van der Waals surface area (Å²) in [6, 6.07) is 7.82. The number of β-amino-alcohol motifs (C(OH)–C–C–N with tert-alkyl or cyclic N) is 1. The Morgan fingerprint density at radius 1 is 1.16 bits per heavy atom.